The zero-order valence-electron chi connectivity index (χ0n) is 9.50. The molecule has 0 saturated heterocycles. The number of aryl methyl sites for hydroxylation is 1. The van der Waals surface area contributed by atoms with Crippen LogP contribution >= 0.6 is 31.9 Å². The van der Waals surface area contributed by atoms with Crippen LogP contribution in [0, 0.1) is 5.92 Å². The van der Waals surface area contributed by atoms with Gasteiger partial charge in [0, 0.05) is 11.4 Å². The highest BCUT2D eigenvalue weighted by atomic mass is 79.9. The van der Waals surface area contributed by atoms with Gasteiger partial charge in [-0.2, -0.15) is 5.10 Å². The lowest BCUT2D eigenvalue weighted by Gasteiger charge is -2.14. The molecule has 4 heteroatoms. The summed E-state index contributed by atoms with van der Waals surface area (Å²) in [6, 6.07) is 0. The Labute approximate surface area is 109 Å². The van der Waals surface area contributed by atoms with Gasteiger partial charge < -0.3 is 0 Å². The fourth-order valence-corrected chi connectivity index (χ4v) is 2.24. The van der Waals surface area contributed by atoms with Crippen molar-refractivity contribution < 1.29 is 0 Å². The standard InChI is InChI=1S/C11H18Br2N2/c1-4-15-11(10(13)7-14-15)6-5-9(12)8(2)3/h7-9H,4-6H2,1-3H3. The molecule has 0 saturated carbocycles. The second-order valence-corrected chi connectivity index (χ2v) is 6.08. The minimum absolute atomic E-state index is 0.588. The summed E-state index contributed by atoms with van der Waals surface area (Å²) in [6.45, 7) is 7.55. The molecule has 0 N–H and O–H groups in total. The van der Waals surface area contributed by atoms with Crippen molar-refractivity contribution in [3.05, 3.63) is 16.4 Å². The Bertz CT molecular complexity index is 308. The van der Waals surface area contributed by atoms with E-state index in [1.165, 1.54) is 5.69 Å². The molecular formula is C11H18Br2N2. The van der Waals surface area contributed by atoms with Crippen molar-refractivity contribution in [2.75, 3.05) is 0 Å². The second kappa shape index (κ2) is 6.04. The molecule has 86 valence electrons. The van der Waals surface area contributed by atoms with Gasteiger partial charge in [-0.3, -0.25) is 4.68 Å². The van der Waals surface area contributed by atoms with E-state index in [9.17, 15) is 0 Å². The molecule has 1 heterocycles. The van der Waals surface area contributed by atoms with Crippen molar-refractivity contribution >= 4 is 31.9 Å². The van der Waals surface area contributed by atoms with Crippen molar-refractivity contribution in [2.45, 2.75) is 45.0 Å². The van der Waals surface area contributed by atoms with Gasteiger partial charge in [0.1, 0.15) is 0 Å². The van der Waals surface area contributed by atoms with E-state index in [1.807, 2.05) is 6.20 Å². The maximum atomic E-state index is 4.31. The molecule has 1 atom stereocenters. The fourth-order valence-electron chi connectivity index (χ4n) is 1.52. The number of rotatable bonds is 5. The van der Waals surface area contributed by atoms with Crippen LogP contribution in [0.15, 0.2) is 10.7 Å². The maximum absolute atomic E-state index is 4.31. The van der Waals surface area contributed by atoms with E-state index in [4.69, 9.17) is 0 Å². The highest BCUT2D eigenvalue weighted by molar-refractivity contribution is 9.10. The van der Waals surface area contributed by atoms with Gasteiger partial charge in [-0.1, -0.05) is 29.8 Å². The first-order valence-electron chi connectivity index (χ1n) is 5.40. The molecule has 0 aromatic carbocycles. The Hall–Kier alpha value is 0.170. The van der Waals surface area contributed by atoms with Crippen LogP contribution in [0.2, 0.25) is 0 Å². The van der Waals surface area contributed by atoms with E-state index in [2.05, 4.69) is 62.4 Å². The molecule has 0 radical (unpaired) electrons. The summed E-state index contributed by atoms with van der Waals surface area (Å²) >= 11 is 7.26. The molecule has 0 fully saturated rings. The molecule has 0 bridgehead atoms. The van der Waals surface area contributed by atoms with Gasteiger partial charge in [-0.25, -0.2) is 0 Å². The van der Waals surface area contributed by atoms with Crippen molar-refractivity contribution in [3.8, 4) is 0 Å². The third-order valence-corrected chi connectivity index (χ3v) is 4.76. The molecule has 1 rings (SSSR count). The second-order valence-electron chi connectivity index (χ2n) is 4.05. The zero-order chi connectivity index (χ0) is 11.4. The Balaban J connectivity index is 2.60. The fraction of sp³-hybridized carbons (Fsp3) is 0.727. The number of halogens is 2. The molecule has 15 heavy (non-hydrogen) atoms. The van der Waals surface area contributed by atoms with E-state index in [0.717, 1.165) is 23.9 Å². The normalized spacial score (nSPS) is 13.5. The molecule has 0 amide bonds. The Morgan fingerprint density at radius 1 is 1.47 bits per heavy atom. The zero-order valence-corrected chi connectivity index (χ0v) is 12.7. The molecule has 0 aliphatic carbocycles. The summed E-state index contributed by atoms with van der Waals surface area (Å²) in [6.07, 6.45) is 4.11. The van der Waals surface area contributed by atoms with Crippen LogP contribution in [-0.2, 0) is 13.0 Å². The Kier molecular flexibility index (Phi) is 5.33. The average molecular weight is 338 g/mol. The Morgan fingerprint density at radius 3 is 2.67 bits per heavy atom. The lowest BCUT2D eigenvalue weighted by Crippen LogP contribution is -2.11. The summed E-state index contributed by atoms with van der Waals surface area (Å²) in [4.78, 5) is 0.588. The van der Waals surface area contributed by atoms with Crippen molar-refractivity contribution in [2.24, 2.45) is 5.92 Å². The van der Waals surface area contributed by atoms with Crippen LogP contribution in [-0.4, -0.2) is 14.6 Å². The summed E-state index contributed by atoms with van der Waals surface area (Å²) in [5.41, 5.74) is 1.31. The molecular weight excluding hydrogens is 320 g/mol. The van der Waals surface area contributed by atoms with Crippen LogP contribution in [0.5, 0.6) is 0 Å². The Morgan fingerprint density at radius 2 is 2.13 bits per heavy atom. The summed E-state index contributed by atoms with van der Waals surface area (Å²) in [5, 5.41) is 4.31. The van der Waals surface area contributed by atoms with E-state index < -0.39 is 0 Å². The number of alkyl halides is 1. The average Bonchev–Trinajstić information content (AvgIpc) is 2.55. The van der Waals surface area contributed by atoms with Gasteiger partial charge in [-0.05, 0) is 41.6 Å². The lowest BCUT2D eigenvalue weighted by atomic mass is 10.1. The van der Waals surface area contributed by atoms with Gasteiger partial charge in [-0.15, -0.1) is 0 Å². The van der Waals surface area contributed by atoms with Gasteiger partial charge >= 0.3 is 0 Å². The number of hydrogen-bond donors (Lipinski definition) is 0. The van der Waals surface area contributed by atoms with E-state index in [1.54, 1.807) is 0 Å². The summed E-state index contributed by atoms with van der Waals surface area (Å²) < 4.78 is 3.19. The minimum atomic E-state index is 0.588. The summed E-state index contributed by atoms with van der Waals surface area (Å²) in [5.74, 6) is 0.682. The van der Waals surface area contributed by atoms with E-state index >= 15 is 0 Å². The predicted octanol–water partition coefficient (Wildman–Crippen LogP) is 4.02. The predicted molar refractivity (Wildman–Crippen MR) is 71.5 cm³/mol. The molecule has 0 aliphatic heterocycles. The highest BCUT2D eigenvalue weighted by Crippen LogP contribution is 2.22. The molecule has 1 unspecified atom stereocenters. The highest BCUT2D eigenvalue weighted by Gasteiger charge is 2.13. The number of aromatic nitrogens is 2. The number of nitrogens with zero attached hydrogens (tertiary/aromatic N) is 2. The molecule has 2 nitrogen and oxygen atoms in total. The van der Waals surface area contributed by atoms with E-state index in [-0.39, 0.29) is 0 Å². The van der Waals surface area contributed by atoms with Gasteiger partial charge in [0.2, 0.25) is 0 Å². The van der Waals surface area contributed by atoms with Crippen LogP contribution in [0.25, 0.3) is 0 Å². The smallest absolute Gasteiger partial charge is 0.0635 e. The van der Waals surface area contributed by atoms with Crippen LogP contribution in [0.3, 0.4) is 0 Å². The minimum Gasteiger partial charge on any atom is -0.269 e. The number of hydrogen-bond acceptors (Lipinski definition) is 1. The molecule has 0 aliphatic rings. The van der Waals surface area contributed by atoms with Crippen LogP contribution < -0.4 is 0 Å². The largest absolute Gasteiger partial charge is 0.269 e. The van der Waals surface area contributed by atoms with Crippen LogP contribution in [0.4, 0.5) is 0 Å². The molecule has 1 aromatic rings. The monoisotopic (exact) mass is 336 g/mol. The van der Waals surface area contributed by atoms with Crippen LogP contribution in [0.1, 0.15) is 32.9 Å². The van der Waals surface area contributed by atoms with Crippen molar-refractivity contribution in [3.63, 3.8) is 0 Å². The first-order chi connectivity index (χ1) is 7.06. The maximum Gasteiger partial charge on any atom is 0.0635 e. The topological polar surface area (TPSA) is 17.8 Å². The van der Waals surface area contributed by atoms with E-state index in [0.29, 0.717) is 10.7 Å². The lowest BCUT2D eigenvalue weighted by molar-refractivity contribution is 0.554. The molecule has 0 spiro atoms. The van der Waals surface area contributed by atoms with Gasteiger partial charge in [0.15, 0.2) is 0 Å². The third-order valence-electron chi connectivity index (χ3n) is 2.58. The first kappa shape index (κ1) is 13.2. The summed E-state index contributed by atoms with van der Waals surface area (Å²) in [7, 11) is 0. The van der Waals surface area contributed by atoms with Crippen molar-refractivity contribution in [1.82, 2.24) is 9.78 Å². The quantitative estimate of drug-likeness (QED) is 0.742. The SMILES string of the molecule is CCn1ncc(Br)c1CCC(Br)C(C)C. The molecule has 1 aromatic heterocycles. The van der Waals surface area contributed by atoms with Crippen molar-refractivity contribution in [1.29, 1.82) is 0 Å². The van der Waals surface area contributed by atoms with Gasteiger partial charge in [0.05, 0.1) is 16.4 Å². The van der Waals surface area contributed by atoms with Gasteiger partial charge in [0.25, 0.3) is 0 Å². The third kappa shape index (κ3) is 3.59. The first-order valence-corrected chi connectivity index (χ1v) is 7.11.